The Hall–Kier alpha value is -1.45. The Morgan fingerprint density at radius 2 is 1.96 bits per heavy atom. The van der Waals surface area contributed by atoms with Gasteiger partial charge in [-0.25, -0.2) is 4.98 Å². The average molecular weight is 562 g/mol. The van der Waals surface area contributed by atoms with Gasteiger partial charge in [-0.2, -0.15) is 10.4 Å². The second-order valence-electron chi connectivity index (χ2n) is 5.08. The molecule has 0 radical (unpaired) electrons. The Balaban J connectivity index is 2.27. The Kier molecular flexibility index (Phi) is 7.39. The van der Waals surface area contributed by atoms with Gasteiger partial charge in [-0.3, -0.25) is 5.43 Å². The molecular formula is C17H16I2N4O2. The number of aromatic nitrogens is 1. The maximum absolute atomic E-state index is 9.41. The highest BCUT2D eigenvalue weighted by Crippen LogP contribution is 2.28. The predicted octanol–water partition coefficient (Wildman–Crippen LogP) is 4.07. The van der Waals surface area contributed by atoms with Crippen molar-refractivity contribution in [2.75, 3.05) is 19.6 Å². The van der Waals surface area contributed by atoms with Crippen LogP contribution in [0.15, 0.2) is 23.3 Å². The van der Waals surface area contributed by atoms with E-state index < -0.39 is 0 Å². The summed E-state index contributed by atoms with van der Waals surface area (Å²) in [7, 11) is 3.24. The van der Waals surface area contributed by atoms with Crippen LogP contribution in [-0.2, 0) is 11.3 Å². The molecule has 0 saturated carbocycles. The molecule has 1 aromatic heterocycles. The van der Waals surface area contributed by atoms with Crippen LogP contribution in [0.4, 0.5) is 5.82 Å². The Morgan fingerprint density at radius 1 is 1.28 bits per heavy atom. The highest BCUT2D eigenvalue weighted by Gasteiger charge is 2.11. The third-order valence-electron chi connectivity index (χ3n) is 3.25. The molecule has 130 valence electrons. The summed E-state index contributed by atoms with van der Waals surface area (Å²) in [5.41, 5.74) is 5.79. The van der Waals surface area contributed by atoms with Gasteiger partial charge in [0.25, 0.3) is 0 Å². The van der Waals surface area contributed by atoms with E-state index in [0.29, 0.717) is 18.0 Å². The van der Waals surface area contributed by atoms with Crippen molar-refractivity contribution in [1.82, 2.24) is 4.98 Å². The molecule has 25 heavy (non-hydrogen) atoms. The third-order valence-corrected chi connectivity index (χ3v) is 4.85. The highest BCUT2D eigenvalue weighted by atomic mass is 127. The van der Waals surface area contributed by atoms with Crippen LogP contribution in [-0.4, -0.2) is 25.4 Å². The van der Waals surface area contributed by atoms with Gasteiger partial charge in [0.2, 0.25) is 0 Å². The first-order valence-corrected chi connectivity index (χ1v) is 9.37. The van der Waals surface area contributed by atoms with Gasteiger partial charge in [-0.15, -0.1) is 0 Å². The zero-order chi connectivity index (χ0) is 18.4. The second kappa shape index (κ2) is 9.30. The minimum atomic E-state index is 0.347. The van der Waals surface area contributed by atoms with E-state index >= 15 is 0 Å². The summed E-state index contributed by atoms with van der Waals surface area (Å²) in [6, 6.07) is 7.94. The molecule has 2 rings (SSSR count). The summed E-state index contributed by atoms with van der Waals surface area (Å²) in [5, 5.41) is 13.6. The van der Waals surface area contributed by atoms with Crippen LogP contribution in [0.5, 0.6) is 5.75 Å². The second-order valence-corrected chi connectivity index (χ2v) is 7.40. The monoisotopic (exact) mass is 562 g/mol. The van der Waals surface area contributed by atoms with Gasteiger partial charge in [0.15, 0.2) is 5.82 Å². The van der Waals surface area contributed by atoms with Gasteiger partial charge in [0.05, 0.1) is 27.1 Å². The average Bonchev–Trinajstić information content (AvgIpc) is 2.55. The molecule has 0 aliphatic heterocycles. The van der Waals surface area contributed by atoms with Crippen LogP contribution in [0.25, 0.3) is 0 Å². The number of pyridine rings is 1. The summed E-state index contributed by atoms with van der Waals surface area (Å²) in [4.78, 5) is 4.35. The number of anilines is 1. The molecule has 1 heterocycles. The minimum Gasteiger partial charge on any atom is -0.495 e. The maximum Gasteiger partial charge on any atom is 0.164 e. The standard InChI is InChI=1S/C17H16I2N4O2/c1-10-4-12(9-24-2)13(7-20)17(22-10)23-21-8-11-5-14(18)16(25-3)15(19)6-11/h4-6,8H,9H2,1-3H3,(H,22,23)/b21-8-. The van der Waals surface area contributed by atoms with Crippen molar-refractivity contribution in [3.05, 3.63) is 47.7 Å². The van der Waals surface area contributed by atoms with Crippen molar-refractivity contribution in [2.24, 2.45) is 5.10 Å². The number of hydrogen-bond donors (Lipinski definition) is 1. The van der Waals surface area contributed by atoms with Crippen molar-refractivity contribution in [1.29, 1.82) is 5.26 Å². The molecule has 0 amide bonds. The van der Waals surface area contributed by atoms with E-state index in [-0.39, 0.29) is 0 Å². The Labute approximate surface area is 173 Å². The molecule has 2 aromatic rings. The van der Waals surface area contributed by atoms with Crippen LogP contribution in [0.1, 0.15) is 22.4 Å². The number of halogens is 2. The lowest BCUT2D eigenvalue weighted by molar-refractivity contribution is 0.184. The molecule has 0 unspecified atom stereocenters. The lowest BCUT2D eigenvalue weighted by atomic mass is 10.1. The number of methoxy groups -OCH3 is 2. The SMILES string of the molecule is COCc1cc(C)nc(N/N=C\c2cc(I)c(OC)c(I)c2)c1C#N. The van der Waals surface area contributed by atoms with Crippen molar-refractivity contribution in [3.8, 4) is 11.8 Å². The molecule has 0 aliphatic rings. The molecule has 6 nitrogen and oxygen atoms in total. The van der Waals surface area contributed by atoms with Crippen molar-refractivity contribution < 1.29 is 9.47 Å². The number of hydrazone groups is 1. The van der Waals surface area contributed by atoms with Gasteiger partial charge in [-0.1, -0.05) is 0 Å². The number of rotatable bonds is 6. The van der Waals surface area contributed by atoms with Crippen molar-refractivity contribution in [2.45, 2.75) is 13.5 Å². The van der Waals surface area contributed by atoms with Crippen LogP contribution in [0, 0.1) is 25.4 Å². The maximum atomic E-state index is 9.41. The normalized spacial score (nSPS) is 10.7. The topological polar surface area (TPSA) is 79.5 Å². The molecule has 0 fully saturated rings. The molecular weight excluding hydrogens is 546 g/mol. The summed E-state index contributed by atoms with van der Waals surface area (Å²) >= 11 is 4.45. The fourth-order valence-corrected chi connectivity index (χ4v) is 4.49. The third kappa shape index (κ3) is 5.02. The zero-order valence-electron chi connectivity index (χ0n) is 13.9. The number of benzene rings is 1. The Morgan fingerprint density at radius 3 is 2.52 bits per heavy atom. The van der Waals surface area contributed by atoms with E-state index in [0.717, 1.165) is 29.7 Å². The number of ether oxygens (including phenoxy) is 2. The number of aryl methyl sites for hydroxylation is 1. The fraction of sp³-hybridized carbons (Fsp3) is 0.235. The zero-order valence-corrected chi connectivity index (χ0v) is 18.2. The van der Waals surface area contributed by atoms with Crippen LogP contribution in [0.2, 0.25) is 0 Å². The van der Waals surface area contributed by atoms with Gasteiger partial charge < -0.3 is 9.47 Å². The molecule has 0 atom stereocenters. The Bertz CT molecular complexity index is 824. The molecule has 0 spiro atoms. The van der Waals surface area contributed by atoms with E-state index in [9.17, 15) is 5.26 Å². The van der Waals surface area contributed by atoms with Gasteiger partial charge in [0, 0.05) is 18.4 Å². The largest absolute Gasteiger partial charge is 0.495 e. The highest BCUT2D eigenvalue weighted by molar-refractivity contribution is 14.1. The summed E-state index contributed by atoms with van der Waals surface area (Å²) in [6.45, 7) is 2.21. The first-order valence-electron chi connectivity index (χ1n) is 7.21. The molecule has 1 aromatic carbocycles. The lowest BCUT2D eigenvalue weighted by Gasteiger charge is -2.09. The first-order chi connectivity index (χ1) is 12.0. The first kappa shape index (κ1) is 19.9. The summed E-state index contributed by atoms with van der Waals surface area (Å²) in [6.07, 6.45) is 1.69. The van der Waals surface area contributed by atoms with E-state index in [1.807, 2.05) is 25.1 Å². The van der Waals surface area contributed by atoms with E-state index in [1.54, 1.807) is 20.4 Å². The van der Waals surface area contributed by atoms with Crippen LogP contribution < -0.4 is 10.2 Å². The van der Waals surface area contributed by atoms with Gasteiger partial charge >= 0.3 is 0 Å². The number of hydrogen-bond acceptors (Lipinski definition) is 6. The fourth-order valence-electron chi connectivity index (χ4n) is 2.23. The van der Waals surface area contributed by atoms with Crippen molar-refractivity contribution in [3.63, 3.8) is 0 Å². The van der Waals surface area contributed by atoms with Gasteiger partial charge in [-0.05, 0) is 75.9 Å². The van der Waals surface area contributed by atoms with E-state index in [4.69, 9.17) is 9.47 Å². The van der Waals surface area contributed by atoms with Crippen LogP contribution >= 0.6 is 45.2 Å². The summed E-state index contributed by atoms with van der Waals surface area (Å²) < 4.78 is 12.5. The molecule has 0 aliphatic carbocycles. The van der Waals surface area contributed by atoms with Gasteiger partial charge in [0.1, 0.15) is 17.4 Å². The minimum absolute atomic E-state index is 0.347. The van der Waals surface area contributed by atoms with Crippen LogP contribution in [0.3, 0.4) is 0 Å². The molecule has 8 heteroatoms. The van der Waals surface area contributed by atoms with E-state index in [2.05, 4.69) is 66.8 Å². The molecule has 0 bridgehead atoms. The number of nitrogens with one attached hydrogen (secondary N) is 1. The number of nitrogens with zero attached hydrogens (tertiary/aromatic N) is 3. The molecule has 0 saturated heterocycles. The number of nitriles is 1. The van der Waals surface area contributed by atoms with Crippen molar-refractivity contribution >= 4 is 57.2 Å². The summed E-state index contributed by atoms with van der Waals surface area (Å²) in [5.74, 6) is 1.27. The smallest absolute Gasteiger partial charge is 0.164 e. The quantitative estimate of drug-likeness (QED) is 0.327. The molecule has 1 N–H and O–H groups in total. The lowest BCUT2D eigenvalue weighted by Crippen LogP contribution is -2.03. The predicted molar refractivity (Wildman–Crippen MR) is 114 cm³/mol. The van der Waals surface area contributed by atoms with E-state index in [1.165, 1.54) is 0 Å².